The molecule has 2 N–H and O–H groups in total. The van der Waals surface area contributed by atoms with Crippen LogP contribution in [0, 0.1) is 0 Å². The number of nitrogens with two attached hydrogens (primary N) is 1. The molecule has 1 fully saturated rings. The lowest BCUT2D eigenvalue weighted by Gasteiger charge is -2.31. The third kappa shape index (κ3) is 3.33. The van der Waals surface area contributed by atoms with Crippen molar-refractivity contribution in [3.8, 4) is 0 Å². The first-order valence-electron chi connectivity index (χ1n) is 11.9. The maximum atomic E-state index is 13.7. The van der Waals surface area contributed by atoms with Crippen LogP contribution >= 0.6 is 0 Å². The number of fused-ring (bicyclic) bond motifs is 4. The summed E-state index contributed by atoms with van der Waals surface area (Å²) in [6, 6.07) is 14.1. The number of nitrogens with zero attached hydrogens (tertiary/aromatic N) is 6. The van der Waals surface area contributed by atoms with Gasteiger partial charge in [0.15, 0.2) is 0 Å². The minimum absolute atomic E-state index is 0.0709. The van der Waals surface area contributed by atoms with Gasteiger partial charge >= 0.3 is 0 Å². The quantitative estimate of drug-likeness (QED) is 0.420. The zero-order valence-corrected chi connectivity index (χ0v) is 19.2. The van der Waals surface area contributed by atoms with Crippen molar-refractivity contribution < 1.29 is 0 Å². The summed E-state index contributed by atoms with van der Waals surface area (Å²) in [5, 5.41) is 2.10. The van der Waals surface area contributed by atoms with Gasteiger partial charge in [-0.3, -0.25) is 9.78 Å². The van der Waals surface area contributed by atoms with Crippen molar-refractivity contribution in [2.75, 3.05) is 18.0 Å². The summed E-state index contributed by atoms with van der Waals surface area (Å²) in [5.74, 6) is 0.832. The van der Waals surface area contributed by atoms with Gasteiger partial charge in [-0.2, -0.15) is 0 Å². The first-order chi connectivity index (χ1) is 16.6. The number of benzene rings is 1. The molecule has 172 valence electrons. The van der Waals surface area contributed by atoms with Crippen molar-refractivity contribution in [3.05, 3.63) is 70.9 Å². The Hall–Kier alpha value is -3.78. The van der Waals surface area contributed by atoms with Gasteiger partial charge in [0, 0.05) is 48.8 Å². The normalized spacial score (nSPS) is 16.6. The molecule has 0 radical (unpaired) electrons. The highest BCUT2D eigenvalue weighted by atomic mass is 16.1. The lowest BCUT2D eigenvalue weighted by Crippen LogP contribution is -2.44. The summed E-state index contributed by atoms with van der Waals surface area (Å²) in [5.41, 5.74) is 9.98. The van der Waals surface area contributed by atoms with Gasteiger partial charge in [0.25, 0.3) is 5.56 Å². The van der Waals surface area contributed by atoms with E-state index < -0.39 is 0 Å². The minimum atomic E-state index is -0.0709. The Bertz CT molecular complexity index is 1590. The van der Waals surface area contributed by atoms with Crippen LogP contribution < -0.4 is 16.2 Å². The Morgan fingerprint density at radius 3 is 2.76 bits per heavy atom. The SMILES string of the molecule is CCn1c(N2CCCC(N)C2)nc2ccn(Cc3nc4ccccc4c4cccnc34)c(=O)c21. The Balaban J connectivity index is 1.48. The first-order valence-corrected chi connectivity index (χ1v) is 11.9. The molecule has 1 unspecified atom stereocenters. The Labute approximate surface area is 196 Å². The summed E-state index contributed by atoms with van der Waals surface area (Å²) in [6.45, 7) is 4.72. The lowest BCUT2D eigenvalue weighted by atomic mass is 10.1. The van der Waals surface area contributed by atoms with Gasteiger partial charge in [0.1, 0.15) is 5.52 Å². The monoisotopic (exact) mass is 453 g/mol. The molecule has 8 heteroatoms. The van der Waals surface area contributed by atoms with Crippen molar-refractivity contribution in [1.29, 1.82) is 0 Å². The van der Waals surface area contributed by atoms with Gasteiger partial charge in [0.05, 0.1) is 28.8 Å². The molecule has 5 heterocycles. The first kappa shape index (κ1) is 20.8. The molecule has 0 aliphatic carbocycles. The summed E-state index contributed by atoms with van der Waals surface area (Å²) in [6.07, 6.45) is 5.65. The second-order valence-electron chi connectivity index (χ2n) is 8.96. The molecule has 34 heavy (non-hydrogen) atoms. The second kappa shape index (κ2) is 8.22. The molecule has 0 amide bonds. The summed E-state index contributed by atoms with van der Waals surface area (Å²) in [7, 11) is 0. The van der Waals surface area contributed by atoms with Gasteiger partial charge in [0.2, 0.25) is 5.95 Å². The maximum absolute atomic E-state index is 13.7. The van der Waals surface area contributed by atoms with Crippen molar-refractivity contribution in [2.24, 2.45) is 5.73 Å². The molecule has 1 aliphatic rings. The maximum Gasteiger partial charge on any atom is 0.277 e. The highest BCUT2D eigenvalue weighted by Crippen LogP contribution is 2.26. The summed E-state index contributed by atoms with van der Waals surface area (Å²) in [4.78, 5) is 30.2. The summed E-state index contributed by atoms with van der Waals surface area (Å²) >= 11 is 0. The number of aryl methyl sites for hydroxylation is 1. The van der Waals surface area contributed by atoms with E-state index in [1.807, 2.05) is 48.0 Å². The average Bonchev–Trinajstić information content (AvgIpc) is 3.25. The lowest BCUT2D eigenvalue weighted by molar-refractivity contribution is 0.494. The van der Waals surface area contributed by atoms with E-state index in [1.165, 1.54) is 0 Å². The molecule has 5 aromatic rings. The zero-order chi connectivity index (χ0) is 23.2. The second-order valence-corrected chi connectivity index (χ2v) is 8.96. The van der Waals surface area contributed by atoms with E-state index in [9.17, 15) is 4.79 Å². The van der Waals surface area contributed by atoms with Crippen LogP contribution in [0.5, 0.6) is 0 Å². The Kier molecular flexibility index (Phi) is 5.03. The Morgan fingerprint density at radius 2 is 1.91 bits per heavy atom. The number of anilines is 1. The fourth-order valence-corrected chi connectivity index (χ4v) is 5.14. The fourth-order valence-electron chi connectivity index (χ4n) is 5.14. The molecule has 4 aromatic heterocycles. The van der Waals surface area contributed by atoms with Crippen LogP contribution in [0.25, 0.3) is 32.8 Å². The number of rotatable bonds is 4. The van der Waals surface area contributed by atoms with Crippen LogP contribution in [0.15, 0.2) is 59.7 Å². The molecular weight excluding hydrogens is 426 g/mol. The summed E-state index contributed by atoms with van der Waals surface area (Å²) < 4.78 is 3.74. The predicted octanol–water partition coefficient (Wildman–Crippen LogP) is 3.29. The van der Waals surface area contributed by atoms with Crippen LogP contribution in [0.3, 0.4) is 0 Å². The number of para-hydroxylation sites is 1. The third-order valence-electron chi connectivity index (χ3n) is 6.76. The van der Waals surface area contributed by atoms with E-state index in [2.05, 4.69) is 22.0 Å². The van der Waals surface area contributed by atoms with E-state index in [-0.39, 0.29) is 11.6 Å². The van der Waals surface area contributed by atoms with Crippen LogP contribution in [-0.2, 0) is 13.1 Å². The average molecular weight is 454 g/mol. The van der Waals surface area contributed by atoms with E-state index in [4.69, 9.17) is 15.7 Å². The van der Waals surface area contributed by atoms with Crippen molar-refractivity contribution >= 4 is 38.8 Å². The van der Waals surface area contributed by atoms with E-state index in [0.717, 1.165) is 59.4 Å². The van der Waals surface area contributed by atoms with Gasteiger partial charge in [-0.25, -0.2) is 9.97 Å². The van der Waals surface area contributed by atoms with E-state index in [1.54, 1.807) is 10.8 Å². The standard InChI is InChI=1S/C26H27N7O/c1-2-33-24-21(30-26(33)32-13-6-7-17(27)15-32)11-14-31(25(24)34)16-22-23-19(9-5-12-28-23)18-8-3-4-10-20(18)29-22/h3-5,8-12,14,17H,2,6-7,13,15-16,27H2,1H3. The van der Waals surface area contributed by atoms with Crippen LogP contribution in [-0.4, -0.2) is 43.2 Å². The van der Waals surface area contributed by atoms with Crippen LogP contribution in [0.2, 0.25) is 0 Å². The molecule has 0 bridgehead atoms. The third-order valence-corrected chi connectivity index (χ3v) is 6.76. The fraction of sp³-hybridized carbons (Fsp3) is 0.308. The topological polar surface area (TPSA) is 94.9 Å². The number of hydrogen-bond acceptors (Lipinski definition) is 6. The smallest absolute Gasteiger partial charge is 0.277 e. The molecule has 6 rings (SSSR count). The highest BCUT2D eigenvalue weighted by Gasteiger charge is 2.24. The van der Waals surface area contributed by atoms with E-state index >= 15 is 0 Å². The van der Waals surface area contributed by atoms with Crippen molar-refractivity contribution in [3.63, 3.8) is 0 Å². The predicted molar refractivity (Wildman–Crippen MR) is 135 cm³/mol. The minimum Gasteiger partial charge on any atom is -0.341 e. The number of piperidine rings is 1. The number of aromatic nitrogens is 5. The van der Waals surface area contributed by atoms with Crippen LogP contribution in [0.4, 0.5) is 5.95 Å². The van der Waals surface area contributed by atoms with Crippen LogP contribution in [0.1, 0.15) is 25.5 Å². The van der Waals surface area contributed by atoms with Gasteiger partial charge in [-0.1, -0.05) is 24.3 Å². The molecule has 0 spiro atoms. The molecule has 1 saturated heterocycles. The largest absolute Gasteiger partial charge is 0.341 e. The molecule has 1 atom stereocenters. The molecule has 1 aromatic carbocycles. The number of hydrogen-bond donors (Lipinski definition) is 1. The van der Waals surface area contributed by atoms with Gasteiger partial charge in [-0.15, -0.1) is 0 Å². The molecule has 0 saturated carbocycles. The van der Waals surface area contributed by atoms with Crippen molar-refractivity contribution in [1.82, 2.24) is 24.1 Å². The van der Waals surface area contributed by atoms with E-state index in [0.29, 0.717) is 24.1 Å². The zero-order valence-electron chi connectivity index (χ0n) is 19.2. The van der Waals surface area contributed by atoms with Gasteiger partial charge in [-0.05, 0) is 38.0 Å². The molecule has 8 nitrogen and oxygen atoms in total. The Morgan fingerprint density at radius 1 is 1.06 bits per heavy atom. The van der Waals surface area contributed by atoms with Crippen molar-refractivity contribution in [2.45, 2.75) is 38.9 Å². The molecular formula is C26H27N7O. The highest BCUT2D eigenvalue weighted by molar-refractivity contribution is 6.04. The number of pyridine rings is 3. The number of imidazole rings is 1. The molecule has 1 aliphatic heterocycles. The van der Waals surface area contributed by atoms with Gasteiger partial charge < -0.3 is 19.8 Å².